The van der Waals surface area contributed by atoms with Crippen LogP contribution in [0.3, 0.4) is 0 Å². The monoisotopic (exact) mass is 317 g/mol. The number of alkyl halides is 3. The number of rotatable bonds is 3. The smallest absolute Gasteiger partial charge is 0.260 e. The highest BCUT2D eigenvalue weighted by Gasteiger charge is 2.31. The van der Waals surface area contributed by atoms with Gasteiger partial charge in [-0.1, -0.05) is 18.5 Å². The van der Waals surface area contributed by atoms with Crippen LogP contribution in [0.15, 0.2) is 36.5 Å². The van der Waals surface area contributed by atoms with Crippen molar-refractivity contribution < 1.29 is 17.6 Å². The lowest BCUT2D eigenvalue weighted by Gasteiger charge is -2.14. The molecule has 0 amide bonds. The van der Waals surface area contributed by atoms with E-state index in [1.807, 2.05) is 0 Å². The summed E-state index contributed by atoms with van der Waals surface area (Å²) in [4.78, 5) is 4.09. The largest absolute Gasteiger partial charge is 0.416 e. The Morgan fingerprint density at radius 3 is 2.48 bits per heavy atom. The summed E-state index contributed by atoms with van der Waals surface area (Å²) in [6.45, 7) is 1.73. The van der Waals surface area contributed by atoms with Gasteiger partial charge in [0.15, 0.2) is 0 Å². The summed E-state index contributed by atoms with van der Waals surface area (Å²) in [5, 5.41) is 0.483. The highest BCUT2D eigenvalue weighted by molar-refractivity contribution is 6.30. The van der Waals surface area contributed by atoms with Gasteiger partial charge in [0, 0.05) is 11.9 Å². The zero-order valence-electron chi connectivity index (χ0n) is 11.1. The molecule has 2 rings (SSSR count). The molecule has 1 aromatic carbocycles. The molecule has 21 heavy (non-hydrogen) atoms. The van der Waals surface area contributed by atoms with E-state index in [0.717, 1.165) is 12.1 Å². The summed E-state index contributed by atoms with van der Waals surface area (Å²) in [5.41, 5.74) is -0.00258. The first kappa shape index (κ1) is 15.8. The van der Waals surface area contributed by atoms with E-state index in [0.29, 0.717) is 28.8 Å². The Morgan fingerprint density at radius 2 is 1.90 bits per heavy atom. The van der Waals surface area contributed by atoms with Crippen molar-refractivity contribution in [3.8, 4) is 0 Å². The maximum absolute atomic E-state index is 13.4. The molecule has 1 aromatic heterocycles. The Bertz CT molecular complexity index is 623. The fourth-order valence-electron chi connectivity index (χ4n) is 2.02. The van der Waals surface area contributed by atoms with Gasteiger partial charge < -0.3 is 0 Å². The maximum Gasteiger partial charge on any atom is 0.416 e. The SMILES string of the molecule is CC(Cc1ccc(Cl)cn1)c1cc(F)cc(C(F)(F)F)c1. The topological polar surface area (TPSA) is 12.9 Å². The Hall–Kier alpha value is -1.62. The molecule has 2 aromatic rings. The second-order valence-electron chi connectivity index (χ2n) is 4.84. The molecule has 0 saturated heterocycles. The molecule has 0 fully saturated rings. The first-order chi connectivity index (χ1) is 9.75. The molecule has 1 heterocycles. The predicted octanol–water partition coefficient (Wildman–Crippen LogP) is 5.24. The normalized spacial score (nSPS) is 13.2. The summed E-state index contributed by atoms with van der Waals surface area (Å²) in [5.74, 6) is -1.19. The molecule has 0 bridgehead atoms. The molecule has 1 unspecified atom stereocenters. The molecule has 0 saturated carbocycles. The molecule has 112 valence electrons. The number of pyridine rings is 1. The fraction of sp³-hybridized carbons (Fsp3) is 0.267. The number of hydrogen-bond donors (Lipinski definition) is 0. The minimum Gasteiger partial charge on any atom is -0.260 e. The first-order valence-corrected chi connectivity index (χ1v) is 6.61. The van der Waals surface area contributed by atoms with Crippen LogP contribution in [0, 0.1) is 5.82 Å². The molecular formula is C15H12ClF4N. The molecule has 0 aliphatic carbocycles. The Morgan fingerprint density at radius 1 is 1.19 bits per heavy atom. The number of nitrogens with zero attached hydrogens (tertiary/aromatic N) is 1. The van der Waals surface area contributed by atoms with Crippen molar-refractivity contribution in [1.29, 1.82) is 0 Å². The van der Waals surface area contributed by atoms with E-state index in [9.17, 15) is 17.6 Å². The molecule has 1 atom stereocenters. The number of aromatic nitrogens is 1. The average molecular weight is 318 g/mol. The second-order valence-corrected chi connectivity index (χ2v) is 5.28. The molecule has 0 aliphatic rings. The lowest BCUT2D eigenvalue weighted by molar-refractivity contribution is -0.137. The lowest BCUT2D eigenvalue weighted by Crippen LogP contribution is -2.08. The summed E-state index contributed by atoms with van der Waals surface area (Å²) in [7, 11) is 0. The van der Waals surface area contributed by atoms with E-state index in [4.69, 9.17) is 11.6 Å². The van der Waals surface area contributed by atoms with Gasteiger partial charge in [-0.2, -0.15) is 13.2 Å². The van der Waals surface area contributed by atoms with Crippen molar-refractivity contribution in [2.75, 3.05) is 0 Å². The van der Waals surface area contributed by atoms with Crippen LogP contribution in [-0.2, 0) is 12.6 Å². The van der Waals surface area contributed by atoms with Gasteiger partial charge in [-0.15, -0.1) is 0 Å². The van der Waals surface area contributed by atoms with Crippen LogP contribution in [0.2, 0.25) is 5.02 Å². The van der Waals surface area contributed by atoms with Crippen molar-refractivity contribution in [2.45, 2.75) is 25.4 Å². The average Bonchev–Trinajstić information content (AvgIpc) is 2.39. The summed E-state index contributed by atoms with van der Waals surface area (Å²) < 4.78 is 51.4. The van der Waals surface area contributed by atoms with Crippen molar-refractivity contribution in [2.24, 2.45) is 0 Å². The van der Waals surface area contributed by atoms with Gasteiger partial charge in [-0.05, 0) is 48.2 Å². The van der Waals surface area contributed by atoms with Gasteiger partial charge in [0.05, 0.1) is 10.6 Å². The van der Waals surface area contributed by atoms with Crippen LogP contribution in [0.4, 0.5) is 17.6 Å². The predicted molar refractivity (Wildman–Crippen MR) is 72.8 cm³/mol. The molecule has 0 radical (unpaired) electrons. The number of halogens is 5. The minimum atomic E-state index is -4.56. The van der Waals surface area contributed by atoms with Crippen LogP contribution in [0.25, 0.3) is 0 Å². The van der Waals surface area contributed by atoms with Crippen molar-refractivity contribution in [3.05, 3.63) is 64.2 Å². The number of hydrogen-bond acceptors (Lipinski definition) is 1. The van der Waals surface area contributed by atoms with Crippen LogP contribution < -0.4 is 0 Å². The zero-order valence-corrected chi connectivity index (χ0v) is 11.8. The Labute approximate surface area is 124 Å². The third-order valence-corrected chi connectivity index (χ3v) is 3.34. The minimum absolute atomic E-state index is 0.291. The summed E-state index contributed by atoms with van der Waals surface area (Å²) in [6, 6.07) is 5.95. The van der Waals surface area contributed by atoms with Crippen LogP contribution >= 0.6 is 11.6 Å². The molecule has 0 spiro atoms. The standard InChI is InChI=1S/C15H12ClF4N/c1-9(4-14-3-2-12(16)8-21-14)10-5-11(15(18,19)20)7-13(17)6-10/h2-3,5-9H,4H2,1H3. The third-order valence-electron chi connectivity index (χ3n) is 3.12. The quantitative estimate of drug-likeness (QED) is 0.705. The van der Waals surface area contributed by atoms with Gasteiger partial charge in [0.25, 0.3) is 0 Å². The van der Waals surface area contributed by atoms with Gasteiger partial charge in [0.1, 0.15) is 5.82 Å². The van der Waals surface area contributed by atoms with Crippen LogP contribution in [0.5, 0.6) is 0 Å². The van der Waals surface area contributed by atoms with Gasteiger partial charge in [-0.3, -0.25) is 4.98 Å². The molecular weight excluding hydrogens is 306 g/mol. The van der Waals surface area contributed by atoms with Crippen LogP contribution in [0.1, 0.15) is 29.7 Å². The van der Waals surface area contributed by atoms with Crippen molar-refractivity contribution >= 4 is 11.6 Å². The van der Waals surface area contributed by atoms with Gasteiger partial charge >= 0.3 is 6.18 Å². The Balaban J connectivity index is 2.24. The van der Waals surface area contributed by atoms with Gasteiger partial charge in [-0.25, -0.2) is 4.39 Å². The lowest BCUT2D eigenvalue weighted by atomic mass is 9.94. The molecule has 1 nitrogen and oxygen atoms in total. The van der Waals surface area contributed by atoms with Gasteiger partial charge in [0.2, 0.25) is 0 Å². The highest BCUT2D eigenvalue weighted by Crippen LogP contribution is 2.32. The zero-order chi connectivity index (χ0) is 15.6. The number of benzene rings is 1. The summed E-state index contributed by atoms with van der Waals surface area (Å²) in [6.07, 6.45) is -2.69. The van der Waals surface area contributed by atoms with E-state index in [-0.39, 0.29) is 5.92 Å². The fourth-order valence-corrected chi connectivity index (χ4v) is 2.13. The van der Waals surface area contributed by atoms with Crippen LogP contribution in [-0.4, -0.2) is 4.98 Å². The van der Waals surface area contributed by atoms with E-state index in [1.54, 1.807) is 19.1 Å². The maximum atomic E-state index is 13.4. The van der Waals surface area contributed by atoms with Crippen molar-refractivity contribution in [3.63, 3.8) is 0 Å². The van der Waals surface area contributed by atoms with E-state index in [2.05, 4.69) is 4.98 Å². The molecule has 0 N–H and O–H groups in total. The highest BCUT2D eigenvalue weighted by atomic mass is 35.5. The Kier molecular flexibility index (Phi) is 4.52. The first-order valence-electron chi connectivity index (χ1n) is 6.24. The van der Waals surface area contributed by atoms with E-state index < -0.39 is 17.6 Å². The molecule has 6 heteroatoms. The summed E-state index contributed by atoms with van der Waals surface area (Å²) >= 11 is 5.72. The van der Waals surface area contributed by atoms with Crippen molar-refractivity contribution in [1.82, 2.24) is 4.98 Å². The van der Waals surface area contributed by atoms with E-state index >= 15 is 0 Å². The second kappa shape index (κ2) is 6.02. The molecule has 0 aliphatic heterocycles. The third kappa shape index (κ3) is 4.17. The van der Waals surface area contributed by atoms with E-state index in [1.165, 1.54) is 6.20 Å².